The van der Waals surface area contributed by atoms with Gasteiger partial charge in [0.2, 0.25) is 0 Å². The second kappa shape index (κ2) is 10.3. The van der Waals surface area contributed by atoms with Crippen LogP contribution in [0.4, 0.5) is 0 Å². The molecule has 0 saturated heterocycles. The van der Waals surface area contributed by atoms with E-state index in [9.17, 15) is 0 Å². The number of thioether (sulfide) groups is 2. The molecule has 4 heteroatoms. The maximum Gasteiger partial charge on any atom is 0.0716 e. The Bertz CT molecular complexity index is 1230. The Morgan fingerprint density at radius 1 is 0.559 bits per heavy atom. The van der Waals surface area contributed by atoms with Crippen LogP contribution in [0, 0.1) is 0 Å². The molecule has 0 spiro atoms. The van der Waals surface area contributed by atoms with Crippen LogP contribution in [-0.4, -0.2) is 21.5 Å². The number of aromatic nitrogens is 2. The van der Waals surface area contributed by atoms with Crippen molar-refractivity contribution in [3.8, 4) is 0 Å². The second-order valence-corrected chi connectivity index (χ2v) is 11.8. The summed E-state index contributed by atoms with van der Waals surface area (Å²) in [4.78, 5) is 13.0. The molecule has 2 aromatic carbocycles. The van der Waals surface area contributed by atoms with Crippen LogP contribution in [-0.2, 0) is 25.7 Å². The van der Waals surface area contributed by atoms with Gasteiger partial charge in [0.05, 0.1) is 11.0 Å². The highest BCUT2D eigenvalue weighted by Crippen LogP contribution is 2.38. The molecule has 0 atom stereocenters. The van der Waals surface area contributed by atoms with Gasteiger partial charge in [-0.05, 0) is 99.0 Å². The van der Waals surface area contributed by atoms with Crippen molar-refractivity contribution < 1.29 is 0 Å². The molecule has 34 heavy (non-hydrogen) atoms. The summed E-state index contributed by atoms with van der Waals surface area (Å²) >= 11 is 4.15. The zero-order valence-electron chi connectivity index (χ0n) is 19.8. The fraction of sp³-hybridized carbons (Fsp3) is 0.400. The first-order valence-electron chi connectivity index (χ1n) is 12.9. The van der Waals surface area contributed by atoms with E-state index in [0.29, 0.717) is 0 Å². The van der Waals surface area contributed by atoms with Crippen molar-refractivity contribution in [2.24, 2.45) is 0 Å². The number of nitrogens with zero attached hydrogens (tertiary/aromatic N) is 2. The van der Waals surface area contributed by atoms with Gasteiger partial charge in [-0.25, -0.2) is 0 Å². The maximum absolute atomic E-state index is 5.01. The highest BCUT2D eigenvalue weighted by atomic mass is 32.2. The lowest BCUT2D eigenvalue weighted by Gasteiger charge is -2.21. The first kappa shape index (κ1) is 22.4. The van der Waals surface area contributed by atoms with Crippen molar-refractivity contribution >= 4 is 45.3 Å². The zero-order valence-corrected chi connectivity index (χ0v) is 21.4. The van der Waals surface area contributed by atoms with Gasteiger partial charge in [-0.2, -0.15) is 0 Å². The molecule has 2 heterocycles. The quantitative estimate of drug-likeness (QED) is 0.195. The van der Waals surface area contributed by atoms with Gasteiger partial charge in [-0.3, -0.25) is 9.97 Å². The average molecular weight is 485 g/mol. The molecular weight excluding hydrogens is 452 g/mol. The Morgan fingerprint density at radius 3 is 1.50 bits per heavy atom. The van der Waals surface area contributed by atoms with Gasteiger partial charge < -0.3 is 0 Å². The molecule has 0 amide bonds. The van der Waals surface area contributed by atoms with E-state index in [1.807, 2.05) is 0 Å². The maximum atomic E-state index is 5.01. The van der Waals surface area contributed by atoms with Crippen molar-refractivity contribution in [3.05, 3.63) is 71.0 Å². The molecule has 6 rings (SSSR count). The van der Waals surface area contributed by atoms with Gasteiger partial charge in [0.25, 0.3) is 0 Å². The van der Waals surface area contributed by atoms with Gasteiger partial charge in [-0.15, -0.1) is 23.5 Å². The molecule has 0 radical (unpaired) electrons. The molecule has 0 fully saturated rings. The van der Waals surface area contributed by atoms with Crippen LogP contribution in [0.5, 0.6) is 0 Å². The molecule has 2 aromatic heterocycles. The lowest BCUT2D eigenvalue weighted by molar-refractivity contribution is 0.662. The Hall–Kier alpha value is -2.04. The number of aryl methyl sites for hydroxylation is 2. The van der Waals surface area contributed by atoms with E-state index < -0.39 is 0 Å². The third kappa shape index (κ3) is 4.47. The van der Waals surface area contributed by atoms with E-state index in [1.54, 1.807) is 11.1 Å². The molecule has 0 unspecified atom stereocenters. The molecule has 0 aliphatic heterocycles. The molecule has 0 bridgehead atoms. The topological polar surface area (TPSA) is 25.8 Å². The first-order valence-corrected chi connectivity index (χ1v) is 14.9. The minimum absolute atomic E-state index is 1.15. The molecular formula is C30H32N2S2. The summed E-state index contributed by atoms with van der Waals surface area (Å²) in [5.41, 5.74) is 8.15. The number of hydrogen-bond donors (Lipinski definition) is 0. The largest absolute Gasteiger partial charge is 0.252 e. The number of pyridine rings is 2. The Labute approximate surface area is 211 Å². The smallest absolute Gasteiger partial charge is 0.0716 e. The molecule has 4 aromatic rings. The van der Waals surface area contributed by atoms with E-state index in [0.717, 1.165) is 12.8 Å². The number of benzene rings is 2. The fourth-order valence-corrected chi connectivity index (χ4v) is 8.09. The molecule has 0 N–H and O–H groups in total. The lowest BCUT2D eigenvalue weighted by Crippen LogP contribution is -2.08. The first-order chi connectivity index (χ1) is 16.9. The minimum atomic E-state index is 1.15. The van der Waals surface area contributed by atoms with E-state index in [1.165, 1.54) is 106 Å². The van der Waals surface area contributed by atoms with E-state index in [2.05, 4.69) is 72.1 Å². The number of unbranched alkanes of at least 4 members (excludes halogenated alkanes) is 1. The molecule has 174 valence electrons. The highest BCUT2D eigenvalue weighted by molar-refractivity contribution is 8.00. The fourth-order valence-electron chi connectivity index (χ4n) is 5.54. The highest BCUT2D eigenvalue weighted by Gasteiger charge is 2.19. The Kier molecular flexibility index (Phi) is 6.79. The number of fused-ring (bicyclic) bond motifs is 4. The van der Waals surface area contributed by atoms with E-state index in [4.69, 9.17) is 9.97 Å². The van der Waals surface area contributed by atoms with Crippen LogP contribution in [0.15, 0.2) is 58.3 Å². The summed E-state index contributed by atoms with van der Waals surface area (Å²) in [6.45, 7) is 0. The summed E-state index contributed by atoms with van der Waals surface area (Å²) < 4.78 is 0. The van der Waals surface area contributed by atoms with Gasteiger partial charge in [-0.1, -0.05) is 36.4 Å². The Balaban J connectivity index is 1.13. The van der Waals surface area contributed by atoms with Crippen molar-refractivity contribution in [1.29, 1.82) is 0 Å². The summed E-state index contributed by atoms with van der Waals surface area (Å²) in [7, 11) is 0. The summed E-state index contributed by atoms with van der Waals surface area (Å²) in [6, 6.07) is 17.5. The van der Waals surface area contributed by atoms with Crippen molar-refractivity contribution in [2.45, 2.75) is 74.0 Å². The number of hydrogen-bond acceptors (Lipinski definition) is 4. The molecule has 2 aliphatic rings. The van der Waals surface area contributed by atoms with Crippen LogP contribution in [0.3, 0.4) is 0 Å². The second-order valence-electron chi connectivity index (χ2n) is 9.58. The lowest BCUT2D eigenvalue weighted by atomic mass is 9.94. The normalized spacial score (nSPS) is 15.4. The van der Waals surface area contributed by atoms with Gasteiger partial charge >= 0.3 is 0 Å². The SMILES string of the molecule is c1ccc2c(SCCCCSc3c4c(nc5ccccc35)CCCC4)c3c(nc2c1)CCCC3. The van der Waals surface area contributed by atoms with Gasteiger partial charge in [0.15, 0.2) is 0 Å². The third-order valence-corrected chi connectivity index (χ3v) is 9.76. The van der Waals surface area contributed by atoms with Crippen LogP contribution in [0.25, 0.3) is 21.8 Å². The van der Waals surface area contributed by atoms with Crippen LogP contribution in [0.2, 0.25) is 0 Å². The number of para-hydroxylation sites is 2. The standard InChI is InChI=1S/C30H32N2S2/c1-5-15-25-21(11-1)29(22-12-2-6-16-26(22)31-25)33-19-9-10-20-34-30-23-13-3-7-17-27(23)32-28-18-8-4-14-24(28)30/h1,3,5,7,11,13,15,17H,2,4,6,8-10,12,14,16,18-20H2. The van der Waals surface area contributed by atoms with Crippen molar-refractivity contribution in [3.63, 3.8) is 0 Å². The minimum Gasteiger partial charge on any atom is -0.252 e. The van der Waals surface area contributed by atoms with Gasteiger partial charge in [0.1, 0.15) is 0 Å². The number of rotatable bonds is 7. The van der Waals surface area contributed by atoms with Crippen molar-refractivity contribution in [2.75, 3.05) is 11.5 Å². The average Bonchev–Trinajstić information content (AvgIpc) is 2.89. The van der Waals surface area contributed by atoms with Gasteiger partial charge in [0, 0.05) is 32.0 Å². The Morgan fingerprint density at radius 2 is 1.00 bits per heavy atom. The summed E-state index contributed by atoms with van der Waals surface area (Å²) in [6.07, 6.45) is 12.4. The van der Waals surface area contributed by atoms with E-state index >= 15 is 0 Å². The summed E-state index contributed by atoms with van der Waals surface area (Å²) in [5.74, 6) is 2.38. The summed E-state index contributed by atoms with van der Waals surface area (Å²) in [5, 5.41) is 2.72. The molecule has 0 saturated carbocycles. The van der Waals surface area contributed by atoms with E-state index in [-0.39, 0.29) is 0 Å². The van der Waals surface area contributed by atoms with Crippen molar-refractivity contribution in [1.82, 2.24) is 9.97 Å². The predicted octanol–water partition coefficient (Wildman–Crippen LogP) is 8.21. The van der Waals surface area contributed by atoms with Crippen LogP contribution in [0.1, 0.15) is 61.0 Å². The predicted molar refractivity (Wildman–Crippen MR) is 147 cm³/mol. The molecule has 2 nitrogen and oxygen atoms in total. The molecule has 2 aliphatic carbocycles. The van der Waals surface area contributed by atoms with Crippen LogP contribution < -0.4 is 0 Å². The van der Waals surface area contributed by atoms with Crippen LogP contribution >= 0.6 is 23.5 Å². The monoisotopic (exact) mass is 484 g/mol. The third-order valence-electron chi connectivity index (χ3n) is 7.27. The zero-order chi connectivity index (χ0) is 22.7.